The van der Waals surface area contributed by atoms with Gasteiger partial charge in [0.2, 0.25) is 0 Å². The normalized spacial score (nSPS) is 14.5. The molecule has 5 nitrogen and oxygen atoms in total. The molecule has 124 valence electrons. The first-order valence-corrected chi connectivity index (χ1v) is 7.44. The first-order valence-electron chi connectivity index (χ1n) is 7.44. The van der Waals surface area contributed by atoms with Gasteiger partial charge in [0.15, 0.2) is 11.6 Å². The number of carbonyl (C=O) groups excluding carboxylic acids is 1. The molecule has 1 aromatic rings. The van der Waals surface area contributed by atoms with Gasteiger partial charge in [0.25, 0.3) is 0 Å². The minimum Gasteiger partial charge on any atom is -0.484 e. The van der Waals surface area contributed by atoms with Crippen molar-refractivity contribution in [3.05, 3.63) is 24.0 Å². The first-order chi connectivity index (χ1) is 10.2. The zero-order valence-electron chi connectivity index (χ0n) is 13.9. The van der Waals surface area contributed by atoms with Crippen LogP contribution in [0.5, 0.6) is 5.75 Å². The summed E-state index contributed by atoms with van der Waals surface area (Å²) < 4.78 is 24.2. The lowest BCUT2D eigenvalue weighted by atomic mass is 10.1. The Hall–Kier alpha value is -1.98. The summed E-state index contributed by atoms with van der Waals surface area (Å²) in [5, 5.41) is 0. The van der Waals surface area contributed by atoms with Crippen LogP contribution in [0.3, 0.4) is 0 Å². The number of hydrogen-bond donors (Lipinski definition) is 1. The van der Waals surface area contributed by atoms with Crippen LogP contribution in [0, 0.1) is 5.82 Å². The van der Waals surface area contributed by atoms with Gasteiger partial charge in [0.1, 0.15) is 11.7 Å². The molecule has 0 radical (unpaired) electrons. The Bertz CT molecular complexity index is 509. The standard InChI is InChI=1S/C14H19FN2O3.C2H6/c1-14(2,3)20-13(18)17-7-10(8-17)19-12-5-4-9(16)6-11(12)15;1-2/h4-6,10H,7-8,16H2,1-3H3;1-2H3. The third-order valence-corrected chi connectivity index (χ3v) is 2.75. The number of likely N-dealkylation sites (tertiary alicyclic amines) is 1. The number of rotatable bonds is 2. The van der Waals surface area contributed by atoms with Gasteiger partial charge in [-0.15, -0.1) is 0 Å². The van der Waals surface area contributed by atoms with Crippen LogP contribution < -0.4 is 10.5 Å². The Labute approximate surface area is 131 Å². The van der Waals surface area contributed by atoms with E-state index in [0.29, 0.717) is 18.8 Å². The van der Waals surface area contributed by atoms with Crippen LogP contribution in [0.15, 0.2) is 18.2 Å². The van der Waals surface area contributed by atoms with Crippen molar-refractivity contribution in [2.24, 2.45) is 0 Å². The number of hydrogen-bond acceptors (Lipinski definition) is 4. The van der Waals surface area contributed by atoms with Crippen LogP contribution in [0.4, 0.5) is 14.9 Å². The quantitative estimate of drug-likeness (QED) is 0.850. The van der Waals surface area contributed by atoms with Crippen LogP contribution >= 0.6 is 0 Å². The van der Waals surface area contributed by atoms with Gasteiger partial charge >= 0.3 is 6.09 Å². The molecule has 1 aliphatic rings. The van der Waals surface area contributed by atoms with E-state index in [0.717, 1.165) is 0 Å². The monoisotopic (exact) mass is 312 g/mol. The van der Waals surface area contributed by atoms with E-state index in [4.69, 9.17) is 15.2 Å². The van der Waals surface area contributed by atoms with Gasteiger partial charge in [-0.25, -0.2) is 9.18 Å². The first kappa shape index (κ1) is 18.1. The van der Waals surface area contributed by atoms with E-state index in [2.05, 4.69) is 0 Å². The smallest absolute Gasteiger partial charge is 0.410 e. The summed E-state index contributed by atoms with van der Waals surface area (Å²) in [5.74, 6) is -0.353. The lowest BCUT2D eigenvalue weighted by Gasteiger charge is -2.39. The zero-order valence-corrected chi connectivity index (χ0v) is 13.9. The molecule has 1 aliphatic heterocycles. The number of nitrogens with zero attached hydrogens (tertiary/aromatic N) is 1. The van der Waals surface area contributed by atoms with Crippen LogP contribution in [0.1, 0.15) is 34.6 Å². The lowest BCUT2D eigenvalue weighted by Crippen LogP contribution is -2.57. The van der Waals surface area contributed by atoms with Gasteiger partial charge in [-0.1, -0.05) is 13.8 Å². The van der Waals surface area contributed by atoms with E-state index in [9.17, 15) is 9.18 Å². The number of carbonyl (C=O) groups is 1. The highest BCUT2D eigenvalue weighted by molar-refractivity contribution is 5.69. The van der Waals surface area contributed by atoms with Crippen molar-refractivity contribution in [3.8, 4) is 5.75 Å². The molecule has 6 heteroatoms. The molecule has 1 fully saturated rings. The summed E-state index contributed by atoms with van der Waals surface area (Å²) >= 11 is 0. The Kier molecular flexibility index (Phi) is 6.02. The molecule has 0 bridgehead atoms. The molecule has 0 unspecified atom stereocenters. The molecule has 0 aliphatic carbocycles. The Morgan fingerprint density at radius 2 is 1.91 bits per heavy atom. The van der Waals surface area contributed by atoms with Crippen LogP contribution in [0.2, 0.25) is 0 Å². The highest BCUT2D eigenvalue weighted by Gasteiger charge is 2.35. The second-order valence-electron chi connectivity index (χ2n) is 5.82. The van der Waals surface area contributed by atoms with E-state index in [-0.39, 0.29) is 17.9 Å². The molecule has 2 N–H and O–H groups in total. The average Bonchev–Trinajstić information content (AvgIpc) is 2.35. The lowest BCUT2D eigenvalue weighted by molar-refractivity contribution is -0.0229. The second kappa shape index (κ2) is 7.33. The van der Waals surface area contributed by atoms with E-state index in [1.807, 2.05) is 34.6 Å². The fourth-order valence-corrected chi connectivity index (χ4v) is 1.78. The van der Waals surface area contributed by atoms with Crippen molar-refractivity contribution >= 4 is 11.8 Å². The molecule has 0 spiro atoms. The van der Waals surface area contributed by atoms with Gasteiger partial charge in [-0.2, -0.15) is 0 Å². The molecule has 1 heterocycles. The van der Waals surface area contributed by atoms with Crippen molar-refractivity contribution in [2.75, 3.05) is 18.8 Å². The topological polar surface area (TPSA) is 64.8 Å². The predicted octanol–water partition coefficient (Wildman–Crippen LogP) is 3.43. The van der Waals surface area contributed by atoms with Gasteiger partial charge in [-0.05, 0) is 32.9 Å². The van der Waals surface area contributed by atoms with E-state index >= 15 is 0 Å². The largest absolute Gasteiger partial charge is 0.484 e. The van der Waals surface area contributed by atoms with Crippen LogP contribution in [-0.2, 0) is 4.74 Å². The molecule has 0 atom stereocenters. The minimum atomic E-state index is -0.522. The molecule has 0 aromatic heterocycles. The van der Waals surface area contributed by atoms with Gasteiger partial charge < -0.3 is 20.1 Å². The molecule has 1 saturated heterocycles. The van der Waals surface area contributed by atoms with Crippen LogP contribution in [0.25, 0.3) is 0 Å². The Morgan fingerprint density at radius 1 is 1.32 bits per heavy atom. The van der Waals surface area contributed by atoms with Crippen molar-refractivity contribution in [2.45, 2.75) is 46.3 Å². The SMILES string of the molecule is CC.CC(C)(C)OC(=O)N1CC(Oc2ccc(N)cc2F)C1. The van der Waals surface area contributed by atoms with Crippen molar-refractivity contribution in [3.63, 3.8) is 0 Å². The number of ether oxygens (including phenoxy) is 2. The van der Waals surface area contributed by atoms with Crippen molar-refractivity contribution < 1.29 is 18.7 Å². The van der Waals surface area contributed by atoms with Gasteiger partial charge in [0.05, 0.1) is 13.1 Å². The van der Waals surface area contributed by atoms with Gasteiger partial charge in [-0.3, -0.25) is 0 Å². The van der Waals surface area contributed by atoms with Crippen molar-refractivity contribution in [1.82, 2.24) is 4.90 Å². The molecular formula is C16H25FN2O3. The summed E-state index contributed by atoms with van der Waals surface area (Å²) in [4.78, 5) is 13.2. The molecule has 1 amide bonds. The third kappa shape index (κ3) is 5.09. The third-order valence-electron chi connectivity index (χ3n) is 2.75. The maximum atomic E-state index is 13.5. The maximum Gasteiger partial charge on any atom is 0.410 e. The second-order valence-corrected chi connectivity index (χ2v) is 5.82. The fourth-order valence-electron chi connectivity index (χ4n) is 1.78. The molecular weight excluding hydrogens is 287 g/mol. The van der Waals surface area contributed by atoms with Crippen molar-refractivity contribution in [1.29, 1.82) is 0 Å². The van der Waals surface area contributed by atoms with E-state index in [1.165, 1.54) is 17.0 Å². The number of amides is 1. The summed E-state index contributed by atoms with van der Waals surface area (Å²) in [6, 6.07) is 4.27. The molecule has 22 heavy (non-hydrogen) atoms. The summed E-state index contributed by atoms with van der Waals surface area (Å²) in [6.07, 6.45) is -0.601. The number of nitrogens with two attached hydrogens (primary N) is 1. The summed E-state index contributed by atoms with van der Waals surface area (Å²) in [5.41, 5.74) is 5.28. The Balaban J connectivity index is 0.00000116. The maximum absolute atomic E-state index is 13.5. The molecule has 0 saturated carbocycles. The number of anilines is 1. The number of halogens is 1. The number of nitrogen functional groups attached to an aromatic ring is 1. The van der Waals surface area contributed by atoms with E-state index in [1.54, 1.807) is 6.07 Å². The van der Waals surface area contributed by atoms with Crippen LogP contribution in [-0.4, -0.2) is 35.8 Å². The molecule has 2 rings (SSSR count). The van der Waals surface area contributed by atoms with E-state index < -0.39 is 11.4 Å². The highest BCUT2D eigenvalue weighted by Crippen LogP contribution is 2.24. The fraction of sp³-hybridized carbons (Fsp3) is 0.562. The highest BCUT2D eigenvalue weighted by atomic mass is 19.1. The number of benzene rings is 1. The molecule has 1 aromatic carbocycles. The van der Waals surface area contributed by atoms with Gasteiger partial charge in [0, 0.05) is 11.8 Å². The average molecular weight is 312 g/mol. The Morgan fingerprint density at radius 3 is 2.41 bits per heavy atom. The minimum absolute atomic E-state index is 0.146. The summed E-state index contributed by atoms with van der Waals surface area (Å²) in [6.45, 7) is 10.2. The zero-order chi connectivity index (χ0) is 16.9. The predicted molar refractivity (Wildman–Crippen MR) is 84.4 cm³/mol. The summed E-state index contributed by atoms with van der Waals surface area (Å²) in [7, 11) is 0.